The molecule has 1 aromatic rings. The maximum absolute atomic E-state index is 12.6. The van der Waals surface area contributed by atoms with Crippen molar-refractivity contribution >= 4 is 5.95 Å². The molecule has 8 heteroatoms. The molecular formula is C12H16F3N3O2. The molecular weight excluding hydrogens is 275 g/mol. The summed E-state index contributed by atoms with van der Waals surface area (Å²) in [7, 11) is 0. The van der Waals surface area contributed by atoms with E-state index in [1.165, 1.54) is 0 Å². The molecule has 1 aliphatic rings. The van der Waals surface area contributed by atoms with Crippen LogP contribution in [-0.4, -0.2) is 28.3 Å². The van der Waals surface area contributed by atoms with Crippen molar-refractivity contribution in [2.24, 2.45) is 0 Å². The molecule has 0 spiro atoms. The summed E-state index contributed by atoms with van der Waals surface area (Å²) in [5.74, 6) is -0.612. The first kappa shape index (κ1) is 14.8. The number of alkyl halides is 3. The first-order valence-electron chi connectivity index (χ1n) is 6.28. The predicted octanol–water partition coefficient (Wildman–Crippen LogP) is 2.41. The average molecular weight is 291 g/mol. The number of nitrogens with two attached hydrogens (primary N) is 1. The van der Waals surface area contributed by atoms with Crippen molar-refractivity contribution in [3.63, 3.8) is 0 Å². The van der Waals surface area contributed by atoms with E-state index in [-0.39, 0.29) is 24.2 Å². The van der Waals surface area contributed by atoms with Gasteiger partial charge in [-0.05, 0) is 13.8 Å². The van der Waals surface area contributed by atoms with E-state index >= 15 is 0 Å². The Bertz CT molecular complexity index is 472. The predicted molar refractivity (Wildman–Crippen MR) is 65.1 cm³/mol. The Labute approximate surface area is 114 Å². The molecule has 2 rings (SSSR count). The van der Waals surface area contributed by atoms with Crippen LogP contribution in [0.25, 0.3) is 0 Å². The van der Waals surface area contributed by atoms with Gasteiger partial charge in [0.2, 0.25) is 11.8 Å². The Morgan fingerprint density at radius 3 is 2.40 bits per heavy atom. The van der Waals surface area contributed by atoms with E-state index in [9.17, 15) is 13.2 Å². The monoisotopic (exact) mass is 291 g/mol. The van der Waals surface area contributed by atoms with Crippen LogP contribution in [-0.2, 0) is 10.9 Å². The number of hydrogen-bond acceptors (Lipinski definition) is 5. The van der Waals surface area contributed by atoms with Gasteiger partial charge in [0, 0.05) is 18.9 Å². The minimum absolute atomic E-state index is 0.00924. The van der Waals surface area contributed by atoms with Gasteiger partial charge < -0.3 is 15.2 Å². The molecule has 0 bridgehead atoms. The molecule has 0 aromatic carbocycles. The molecule has 112 valence electrons. The van der Waals surface area contributed by atoms with Crippen molar-refractivity contribution in [2.45, 2.75) is 51.2 Å². The normalized spacial score (nSPS) is 27.4. The summed E-state index contributed by atoms with van der Waals surface area (Å²) in [4.78, 5) is 6.86. The van der Waals surface area contributed by atoms with Crippen LogP contribution in [0, 0.1) is 0 Å². The van der Waals surface area contributed by atoms with Gasteiger partial charge in [0.05, 0.1) is 12.2 Å². The van der Waals surface area contributed by atoms with Gasteiger partial charge in [-0.3, -0.25) is 0 Å². The molecule has 1 aromatic heterocycles. The maximum Gasteiger partial charge on any atom is 0.433 e. The summed E-state index contributed by atoms with van der Waals surface area (Å²) in [5.41, 5.74) is 4.19. The second-order valence-electron chi connectivity index (χ2n) is 4.92. The molecule has 2 heterocycles. The number of nitrogen functional groups attached to an aromatic ring is 1. The quantitative estimate of drug-likeness (QED) is 0.906. The molecule has 1 fully saturated rings. The van der Waals surface area contributed by atoms with Crippen molar-refractivity contribution in [3.8, 4) is 5.88 Å². The molecule has 2 N–H and O–H groups in total. The highest BCUT2D eigenvalue weighted by molar-refractivity contribution is 5.27. The highest BCUT2D eigenvalue weighted by Gasteiger charge is 2.34. The topological polar surface area (TPSA) is 70.3 Å². The zero-order valence-electron chi connectivity index (χ0n) is 11.1. The summed E-state index contributed by atoms with van der Waals surface area (Å²) in [6.07, 6.45) is -3.66. The number of aromatic nitrogens is 2. The van der Waals surface area contributed by atoms with Crippen LogP contribution >= 0.6 is 0 Å². The number of rotatable bonds is 2. The Hall–Kier alpha value is -1.57. The zero-order chi connectivity index (χ0) is 14.9. The lowest BCUT2D eigenvalue weighted by Crippen LogP contribution is -2.36. The van der Waals surface area contributed by atoms with Gasteiger partial charge >= 0.3 is 6.18 Å². The van der Waals surface area contributed by atoms with Gasteiger partial charge in [0.15, 0.2) is 5.69 Å². The fourth-order valence-corrected chi connectivity index (χ4v) is 2.26. The maximum atomic E-state index is 12.6. The summed E-state index contributed by atoms with van der Waals surface area (Å²) in [6.45, 7) is 3.78. The third-order valence-electron chi connectivity index (χ3n) is 2.95. The zero-order valence-corrected chi connectivity index (χ0v) is 11.1. The van der Waals surface area contributed by atoms with Gasteiger partial charge in [0.25, 0.3) is 0 Å². The molecule has 20 heavy (non-hydrogen) atoms. The van der Waals surface area contributed by atoms with E-state index in [1.807, 2.05) is 13.8 Å². The number of ether oxygens (including phenoxy) is 2. The SMILES string of the molecule is CC1CC(Oc2cc(C(F)(F)F)nc(N)n2)CC(C)O1. The fraction of sp³-hybridized carbons (Fsp3) is 0.667. The van der Waals surface area contributed by atoms with E-state index < -0.39 is 17.8 Å². The Kier molecular flexibility index (Phi) is 4.03. The average Bonchev–Trinajstić information content (AvgIpc) is 2.25. The van der Waals surface area contributed by atoms with Gasteiger partial charge in [-0.15, -0.1) is 0 Å². The minimum Gasteiger partial charge on any atom is -0.474 e. The van der Waals surface area contributed by atoms with Gasteiger partial charge in [-0.1, -0.05) is 0 Å². The summed E-state index contributed by atoms with van der Waals surface area (Å²) in [5, 5.41) is 0. The lowest BCUT2D eigenvalue weighted by Gasteiger charge is -2.31. The number of nitrogens with zero attached hydrogens (tertiary/aromatic N) is 2. The van der Waals surface area contributed by atoms with Gasteiger partial charge in [-0.25, -0.2) is 4.98 Å². The Morgan fingerprint density at radius 1 is 1.25 bits per heavy atom. The molecule has 0 saturated carbocycles. The molecule has 2 unspecified atom stereocenters. The molecule has 0 radical (unpaired) electrons. The van der Waals surface area contributed by atoms with Crippen LogP contribution in [0.3, 0.4) is 0 Å². The molecule has 5 nitrogen and oxygen atoms in total. The van der Waals surface area contributed by atoms with Gasteiger partial charge in [-0.2, -0.15) is 18.2 Å². The molecule has 2 atom stereocenters. The first-order chi connectivity index (χ1) is 9.24. The van der Waals surface area contributed by atoms with Crippen LogP contribution in [0.1, 0.15) is 32.4 Å². The lowest BCUT2D eigenvalue weighted by atomic mass is 10.0. The fourth-order valence-electron chi connectivity index (χ4n) is 2.26. The number of halogens is 3. The second kappa shape index (κ2) is 5.43. The van der Waals surface area contributed by atoms with Crippen LogP contribution in [0.2, 0.25) is 0 Å². The summed E-state index contributed by atoms with van der Waals surface area (Å²) < 4.78 is 48.9. The third kappa shape index (κ3) is 3.72. The largest absolute Gasteiger partial charge is 0.474 e. The Balaban J connectivity index is 2.15. The van der Waals surface area contributed by atoms with E-state index in [2.05, 4.69) is 9.97 Å². The van der Waals surface area contributed by atoms with E-state index in [0.717, 1.165) is 6.07 Å². The lowest BCUT2D eigenvalue weighted by molar-refractivity contribution is -0.141. The van der Waals surface area contributed by atoms with Crippen molar-refractivity contribution in [1.29, 1.82) is 0 Å². The smallest absolute Gasteiger partial charge is 0.433 e. The number of anilines is 1. The highest BCUT2D eigenvalue weighted by atomic mass is 19.4. The molecule has 1 aliphatic heterocycles. The van der Waals surface area contributed by atoms with Crippen LogP contribution < -0.4 is 10.5 Å². The highest BCUT2D eigenvalue weighted by Crippen LogP contribution is 2.31. The van der Waals surface area contributed by atoms with E-state index in [1.54, 1.807) is 0 Å². The van der Waals surface area contributed by atoms with E-state index in [0.29, 0.717) is 12.8 Å². The second-order valence-corrected chi connectivity index (χ2v) is 4.92. The van der Waals surface area contributed by atoms with Crippen molar-refractivity contribution in [2.75, 3.05) is 5.73 Å². The van der Waals surface area contributed by atoms with Crippen molar-refractivity contribution in [1.82, 2.24) is 9.97 Å². The molecule has 0 aliphatic carbocycles. The Morgan fingerprint density at radius 2 is 1.85 bits per heavy atom. The van der Waals surface area contributed by atoms with Crippen molar-refractivity contribution in [3.05, 3.63) is 11.8 Å². The summed E-state index contributed by atoms with van der Waals surface area (Å²) >= 11 is 0. The number of hydrogen-bond donors (Lipinski definition) is 1. The first-order valence-corrected chi connectivity index (χ1v) is 6.28. The van der Waals surface area contributed by atoms with Crippen LogP contribution in [0.4, 0.5) is 19.1 Å². The molecule has 1 saturated heterocycles. The van der Waals surface area contributed by atoms with Crippen LogP contribution in [0.15, 0.2) is 6.07 Å². The van der Waals surface area contributed by atoms with Gasteiger partial charge in [0.1, 0.15) is 6.10 Å². The molecule has 0 amide bonds. The summed E-state index contributed by atoms with van der Waals surface area (Å²) in [6, 6.07) is 0.765. The van der Waals surface area contributed by atoms with Crippen LogP contribution in [0.5, 0.6) is 5.88 Å². The third-order valence-corrected chi connectivity index (χ3v) is 2.95. The standard InChI is InChI=1S/C12H16F3N3O2/c1-6-3-8(4-7(2)19-6)20-10-5-9(12(13,14)15)17-11(16)18-10/h5-8H,3-4H2,1-2H3,(H2,16,17,18). The van der Waals surface area contributed by atoms with Crippen molar-refractivity contribution < 1.29 is 22.6 Å². The van der Waals surface area contributed by atoms with E-state index in [4.69, 9.17) is 15.2 Å². The minimum atomic E-state index is -4.58.